The lowest BCUT2D eigenvalue weighted by Crippen LogP contribution is -2.30. The topological polar surface area (TPSA) is 20.3 Å². The second-order valence-corrected chi connectivity index (χ2v) is 7.28. The molecule has 1 fully saturated rings. The zero-order valence-corrected chi connectivity index (χ0v) is 12.8. The van der Waals surface area contributed by atoms with Gasteiger partial charge in [0, 0.05) is 16.3 Å². The van der Waals surface area contributed by atoms with Gasteiger partial charge in [0.2, 0.25) is 0 Å². The Morgan fingerprint density at radius 3 is 2.89 bits per heavy atom. The maximum Gasteiger partial charge on any atom is 0.255 e. The summed E-state index contributed by atoms with van der Waals surface area (Å²) in [6, 6.07) is 4.45. The third-order valence-corrected chi connectivity index (χ3v) is 5.38. The van der Waals surface area contributed by atoms with E-state index in [1.165, 1.54) is 10.4 Å². The predicted octanol–water partition coefficient (Wildman–Crippen LogP) is 4.40. The minimum absolute atomic E-state index is 0.204. The standard InChI is InChI=1S/C15H17NOS2/c1-10-8-13(11(2)19-10)15(17)16-6-3-4-14(16)12-5-7-18-9-12/h5,7-9,14H,3-4,6H2,1-2H3/t14-/m1/s1. The van der Waals surface area contributed by atoms with Crippen molar-refractivity contribution >= 4 is 28.6 Å². The average molecular weight is 291 g/mol. The Labute approximate surface area is 121 Å². The second-order valence-electron chi connectivity index (χ2n) is 5.04. The number of rotatable bonds is 2. The van der Waals surface area contributed by atoms with Crippen LogP contribution in [-0.4, -0.2) is 17.4 Å². The number of aryl methyl sites for hydroxylation is 2. The fourth-order valence-corrected chi connectivity index (χ4v) is 4.44. The molecule has 0 bridgehead atoms. The summed E-state index contributed by atoms with van der Waals surface area (Å²) in [4.78, 5) is 17.1. The number of carbonyl (C=O) groups excluding carboxylic acids is 1. The van der Waals surface area contributed by atoms with E-state index >= 15 is 0 Å². The van der Waals surface area contributed by atoms with Gasteiger partial charge in [0.05, 0.1) is 11.6 Å². The van der Waals surface area contributed by atoms with E-state index in [2.05, 4.69) is 28.7 Å². The second kappa shape index (κ2) is 5.10. The fourth-order valence-electron chi connectivity index (χ4n) is 2.82. The van der Waals surface area contributed by atoms with Crippen molar-refractivity contribution in [2.24, 2.45) is 0 Å². The van der Waals surface area contributed by atoms with E-state index in [0.29, 0.717) is 0 Å². The first-order valence-electron chi connectivity index (χ1n) is 6.57. The minimum Gasteiger partial charge on any atom is -0.332 e. The van der Waals surface area contributed by atoms with Crippen molar-refractivity contribution in [3.05, 3.63) is 43.8 Å². The van der Waals surface area contributed by atoms with Gasteiger partial charge in [0.1, 0.15) is 0 Å². The first-order valence-corrected chi connectivity index (χ1v) is 8.33. The maximum absolute atomic E-state index is 12.7. The van der Waals surface area contributed by atoms with Crippen molar-refractivity contribution in [1.82, 2.24) is 4.90 Å². The molecule has 0 saturated carbocycles. The molecular weight excluding hydrogens is 274 g/mol. The monoisotopic (exact) mass is 291 g/mol. The van der Waals surface area contributed by atoms with E-state index in [1.54, 1.807) is 22.7 Å². The summed E-state index contributed by atoms with van der Waals surface area (Å²) >= 11 is 3.42. The average Bonchev–Trinajstić information content (AvgIpc) is 3.06. The lowest BCUT2D eigenvalue weighted by atomic mass is 10.1. The Morgan fingerprint density at radius 2 is 2.26 bits per heavy atom. The highest BCUT2D eigenvalue weighted by atomic mass is 32.1. The molecule has 100 valence electrons. The Hall–Kier alpha value is -1.13. The summed E-state index contributed by atoms with van der Waals surface area (Å²) in [7, 11) is 0. The summed E-state index contributed by atoms with van der Waals surface area (Å²) in [6.07, 6.45) is 2.19. The molecule has 2 aromatic heterocycles. The molecule has 0 unspecified atom stereocenters. The number of nitrogens with zero attached hydrogens (tertiary/aromatic N) is 1. The van der Waals surface area contributed by atoms with Crippen LogP contribution in [0.15, 0.2) is 22.9 Å². The smallest absolute Gasteiger partial charge is 0.255 e. The maximum atomic E-state index is 12.7. The van der Waals surface area contributed by atoms with Crippen molar-refractivity contribution in [2.75, 3.05) is 6.54 Å². The van der Waals surface area contributed by atoms with E-state index in [1.807, 2.05) is 13.0 Å². The highest BCUT2D eigenvalue weighted by Gasteiger charge is 2.31. The number of carbonyl (C=O) groups is 1. The minimum atomic E-state index is 0.204. The lowest BCUT2D eigenvalue weighted by Gasteiger charge is -2.24. The molecular formula is C15H17NOS2. The van der Waals surface area contributed by atoms with Crippen molar-refractivity contribution in [3.63, 3.8) is 0 Å². The van der Waals surface area contributed by atoms with E-state index in [9.17, 15) is 4.79 Å². The molecule has 0 aromatic carbocycles. The third kappa shape index (κ3) is 2.35. The van der Waals surface area contributed by atoms with Gasteiger partial charge in [-0.2, -0.15) is 11.3 Å². The zero-order valence-electron chi connectivity index (χ0n) is 11.2. The molecule has 19 heavy (non-hydrogen) atoms. The molecule has 1 aliphatic rings. The molecule has 3 heterocycles. The van der Waals surface area contributed by atoms with Crippen molar-refractivity contribution in [1.29, 1.82) is 0 Å². The highest BCUT2D eigenvalue weighted by Crippen LogP contribution is 2.35. The van der Waals surface area contributed by atoms with Crippen LogP contribution in [0.1, 0.15) is 44.6 Å². The van der Waals surface area contributed by atoms with E-state index in [-0.39, 0.29) is 11.9 Å². The van der Waals surface area contributed by atoms with E-state index in [0.717, 1.165) is 29.8 Å². The fraction of sp³-hybridized carbons (Fsp3) is 0.400. The van der Waals surface area contributed by atoms with Gasteiger partial charge in [-0.25, -0.2) is 0 Å². The number of hydrogen-bond donors (Lipinski definition) is 0. The molecule has 1 aliphatic heterocycles. The third-order valence-electron chi connectivity index (χ3n) is 3.71. The Bertz CT molecular complexity index is 585. The van der Waals surface area contributed by atoms with Crippen LogP contribution in [0.3, 0.4) is 0 Å². The normalized spacial score (nSPS) is 19.1. The molecule has 1 atom stereocenters. The van der Waals surface area contributed by atoms with Gasteiger partial charge in [-0.15, -0.1) is 11.3 Å². The number of thiophene rings is 2. The molecule has 1 amide bonds. The van der Waals surface area contributed by atoms with Crippen LogP contribution in [0.25, 0.3) is 0 Å². The van der Waals surface area contributed by atoms with Crippen LogP contribution in [0, 0.1) is 13.8 Å². The van der Waals surface area contributed by atoms with E-state index in [4.69, 9.17) is 0 Å². The van der Waals surface area contributed by atoms with Crippen molar-refractivity contribution in [3.8, 4) is 0 Å². The van der Waals surface area contributed by atoms with Gasteiger partial charge in [-0.05, 0) is 55.1 Å². The van der Waals surface area contributed by atoms with Crippen LogP contribution in [-0.2, 0) is 0 Å². The first-order chi connectivity index (χ1) is 9.16. The van der Waals surface area contributed by atoms with Gasteiger partial charge < -0.3 is 4.90 Å². The molecule has 4 heteroatoms. The van der Waals surface area contributed by atoms with Gasteiger partial charge in [0.15, 0.2) is 0 Å². The van der Waals surface area contributed by atoms with Crippen LogP contribution in [0.2, 0.25) is 0 Å². The lowest BCUT2D eigenvalue weighted by molar-refractivity contribution is 0.0736. The molecule has 0 N–H and O–H groups in total. The number of hydrogen-bond acceptors (Lipinski definition) is 3. The Morgan fingerprint density at radius 1 is 1.42 bits per heavy atom. The summed E-state index contributed by atoms with van der Waals surface area (Å²) in [5.41, 5.74) is 2.19. The molecule has 0 spiro atoms. The van der Waals surface area contributed by atoms with Gasteiger partial charge in [-0.1, -0.05) is 0 Å². The van der Waals surface area contributed by atoms with Crippen LogP contribution in [0.5, 0.6) is 0 Å². The summed E-state index contributed by atoms with van der Waals surface area (Å²) in [5, 5.41) is 4.26. The first kappa shape index (κ1) is 12.9. The van der Waals surface area contributed by atoms with Gasteiger partial charge in [0.25, 0.3) is 5.91 Å². The van der Waals surface area contributed by atoms with Crippen LogP contribution < -0.4 is 0 Å². The number of likely N-dealkylation sites (tertiary alicyclic amines) is 1. The number of amides is 1. The molecule has 0 aliphatic carbocycles. The summed E-state index contributed by atoms with van der Waals surface area (Å²) in [6.45, 7) is 4.99. The van der Waals surface area contributed by atoms with Crippen molar-refractivity contribution < 1.29 is 4.79 Å². The largest absolute Gasteiger partial charge is 0.332 e. The Kier molecular flexibility index (Phi) is 3.46. The van der Waals surface area contributed by atoms with Crippen LogP contribution in [0.4, 0.5) is 0 Å². The Balaban J connectivity index is 1.89. The highest BCUT2D eigenvalue weighted by molar-refractivity contribution is 7.12. The van der Waals surface area contributed by atoms with Crippen LogP contribution >= 0.6 is 22.7 Å². The van der Waals surface area contributed by atoms with Crippen molar-refractivity contribution in [2.45, 2.75) is 32.7 Å². The van der Waals surface area contributed by atoms with Gasteiger partial charge in [-0.3, -0.25) is 4.79 Å². The zero-order chi connectivity index (χ0) is 13.4. The summed E-state index contributed by atoms with van der Waals surface area (Å²) in [5.74, 6) is 0.204. The molecule has 1 saturated heterocycles. The molecule has 0 radical (unpaired) electrons. The quantitative estimate of drug-likeness (QED) is 0.803. The molecule has 2 aromatic rings. The molecule has 3 rings (SSSR count). The summed E-state index contributed by atoms with van der Waals surface area (Å²) < 4.78 is 0. The predicted molar refractivity (Wildman–Crippen MR) is 81.1 cm³/mol. The SMILES string of the molecule is Cc1cc(C(=O)N2CCC[C@@H]2c2ccsc2)c(C)s1. The van der Waals surface area contributed by atoms with E-state index < -0.39 is 0 Å². The molecule has 2 nitrogen and oxygen atoms in total. The van der Waals surface area contributed by atoms with Gasteiger partial charge >= 0.3 is 0 Å².